The van der Waals surface area contributed by atoms with E-state index >= 15 is 0 Å². The summed E-state index contributed by atoms with van der Waals surface area (Å²) in [6.07, 6.45) is 0. The molecule has 2 N–H and O–H groups in total. The summed E-state index contributed by atoms with van der Waals surface area (Å²) in [4.78, 5) is 22.5. The highest BCUT2D eigenvalue weighted by atomic mass is 35.5. The van der Waals surface area contributed by atoms with E-state index in [2.05, 4.69) is 14.8 Å². The number of methoxy groups -OCH3 is 1. The van der Waals surface area contributed by atoms with E-state index in [4.69, 9.17) is 11.6 Å². The number of esters is 1. The second-order valence-electron chi connectivity index (χ2n) is 5.32. The van der Waals surface area contributed by atoms with Gasteiger partial charge < -0.3 is 10.1 Å². The van der Waals surface area contributed by atoms with E-state index in [1.54, 1.807) is 36.4 Å². The van der Waals surface area contributed by atoms with Gasteiger partial charge in [-0.1, -0.05) is 41.9 Å². The van der Waals surface area contributed by atoms with E-state index in [-0.39, 0.29) is 15.8 Å². The van der Waals surface area contributed by atoms with Crippen LogP contribution in [0.5, 0.6) is 0 Å². The lowest BCUT2D eigenvalue weighted by Crippen LogP contribution is -2.32. The molecule has 2 aliphatic heterocycles. The van der Waals surface area contributed by atoms with Crippen LogP contribution in [0, 0.1) is 0 Å². The maximum Gasteiger partial charge on any atom is 0.333 e. The average molecular weight is 397 g/mol. The lowest BCUT2D eigenvalue weighted by atomic mass is 10.1. The quantitative estimate of drug-likeness (QED) is 0.776. The molecule has 26 heavy (non-hydrogen) atoms. The molecule has 2 aliphatic rings. The highest BCUT2D eigenvalue weighted by molar-refractivity contribution is 7.93. The maximum atomic E-state index is 11.4. The number of sulfonamides is 1. The third-order valence-corrected chi connectivity index (χ3v) is 5.26. The fourth-order valence-corrected chi connectivity index (χ4v) is 3.83. The average Bonchev–Trinajstić information content (AvgIpc) is 2.59. The van der Waals surface area contributed by atoms with Crippen LogP contribution in [0.1, 0.15) is 18.5 Å². The molecule has 0 fully saturated rings. The number of carbonyl (C=O) groups is 2. The molecule has 9 heteroatoms. The molecule has 7 nitrogen and oxygen atoms in total. The van der Waals surface area contributed by atoms with Crippen molar-refractivity contribution in [3.8, 4) is 0 Å². The van der Waals surface area contributed by atoms with Crippen molar-refractivity contribution in [2.75, 3.05) is 11.8 Å². The second-order valence-corrected chi connectivity index (χ2v) is 7.38. The monoisotopic (exact) mass is 396 g/mol. The first-order valence-corrected chi connectivity index (χ1v) is 9.33. The SMILES string of the molecule is COC(=O)C(NC(C)=O)c1ccccc1.O=S1(=O)Nc2ccc1c(Cl)c2. The minimum atomic E-state index is -3.33. The zero-order valence-corrected chi connectivity index (χ0v) is 15.6. The van der Waals surface area contributed by atoms with Crippen LogP contribution in [0.2, 0.25) is 5.02 Å². The van der Waals surface area contributed by atoms with E-state index in [0.717, 1.165) is 0 Å². The molecule has 2 aromatic rings. The Labute approximate surface area is 156 Å². The molecule has 2 heterocycles. The van der Waals surface area contributed by atoms with Gasteiger partial charge in [-0.25, -0.2) is 13.2 Å². The second kappa shape index (κ2) is 8.20. The van der Waals surface area contributed by atoms with Crippen molar-refractivity contribution in [3.63, 3.8) is 0 Å². The molecule has 0 aromatic heterocycles. The molecule has 1 atom stereocenters. The number of anilines is 1. The minimum absolute atomic E-state index is 0.147. The Morgan fingerprint density at radius 2 is 1.81 bits per heavy atom. The predicted octanol–water partition coefficient (Wildman–Crippen LogP) is 2.49. The van der Waals surface area contributed by atoms with Crippen molar-refractivity contribution in [2.45, 2.75) is 17.9 Å². The third-order valence-electron chi connectivity index (χ3n) is 3.39. The van der Waals surface area contributed by atoms with Crippen molar-refractivity contribution in [2.24, 2.45) is 0 Å². The lowest BCUT2D eigenvalue weighted by Gasteiger charge is -2.15. The van der Waals surface area contributed by atoms with Gasteiger partial charge >= 0.3 is 5.97 Å². The highest BCUT2D eigenvalue weighted by Gasteiger charge is 2.23. The molecule has 0 saturated heterocycles. The van der Waals surface area contributed by atoms with Gasteiger partial charge in [-0.3, -0.25) is 9.52 Å². The molecule has 1 amide bonds. The molecule has 138 valence electrons. The molecule has 0 radical (unpaired) electrons. The zero-order valence-electron chi connectivity index (χ0n) is 14.0. The van der Waals surface area contributed by atoms with E-state index in [1.165, 1.54) is 20.1 Å². The Hall–Kier alpha value is -2.58. The standard InChI is InChI=1S/C11H13NO3.C6H4ClNO2S/c1-8(13)12-10(11(14)15-2)9-6-4-3-5-7-9;7-5-3-4-1-2-6(5)11(9,10)8-4/h3-7,10H,1-2H3,(H,12,13);1-3,8H. The van der Waals surface area contributed by atoms with Crippen molar-refractivity contribution in [1.82, 2.24) is 5.32 Å². The molecule has 0 aliphatic carbocycles. The largest absolute Gasteiger partial charge is 0.467 e. The van der Waals surface area contributed by atoms with Crippen molar-refractivity contribution < 1.29 is 22.7 Å². The van der Waals surface area contributed by atoms with Crippen LogP contribution in [-0.4, -0.2) is 27.4 Å². The maximum absolute atomic E-state index is 11.4. The summed E-state index contributed by atoms with van der Waals surface area (Å²) in [7, 11) is -2.04. The lowest BCUT2D eigenvalue weighted by molar-refractivity contribution is -0.145. The number of hydrogen-bond donors (Lipinski definition) is 2. The van der Waals surface area contributed by atoms with Crippen LogP contribution in [0.4, 0.5) is 5.69 Å². The van der Waals surface area contributed by atoms with Gasteiger partial charge in [-0.15, -0.1) is 0 Å². The number of rotatable bonds is 3. The Bertz CT molecular complexity index is 916. The molecule has 0 saturated carbocycles. The number of nitrogens with one attached hydrogen (secondary N) is 2. The number of amides is 1. The normalized spacial score (nSPS) is 14.3. The Morgan fingerprint density at radius 3 is 2.23 bits per heavy atom. The van der Waals surface area contributed by atoms with Crippen molar-refractivity contribution in [3.05, 3.63) is 59.1 Å². The van der Waals surface area contributed by atoms with Gasteiger partial charge in [0.25, 0.3) is 10.0 Å². The van der Waals surface area contributed by atoms with Crippen molar-refractivity contribution >= 4 is 39.2 Å². The van der Waals surface area contributed by atoms with Crippen LogP contribution in [-0.2, 0) is 24.3 Å². The first-order chi connectivity index (χ1) is 12.2. The summed E-state index contributed by atoms with van der Waals surface area (Å²) in [5.41, 5.74) is 1.23. The van der Waals surface area contributed by atoms with Crippen LogP contribution in [0.25, 0.3) is 0 Å². The number of carbonyl (C=O) groups excluding carboxylic acids is 2. The van der Waals surface area contributed by atoms with E-state index < -0.39 is 22.0 Å². The molecule has 4 rings (SSSR count). The Morgan fingerprint density at radius 1 is 1.15 bits per heavy atom. The first-order valence-electron chi connectivity index (χ1n) is 7.47. The van der Waals surface area contributed by atoms with Crippen LogP contribution < -0.4 is 10.0 Å². The van der Waals surface area contributed by atoms with Gasteiger partial charge in [-0.2, -0.15) is 0 Å². The summed E-state index contributed by atoms with van der Waals surface area (Å²) in [5, 5.41) is 2.81. The van der Waals surface area contributed by atoms with Gasteiger partial charge in [0.2, 0.25) is 5.91 Å². The van der Waals surface area contributed by atoms with Crippen LogP contribution in [0.3, 0.4) is 0 Å². The summed E-state index contributed by atoms with van der Waals surface area (Å²) >= 11 is 5.63. The van der Waals surface area contributed by atoms with E-state index in [0.29, 0.717) is 11.3 Å². The Balaban J connectivity index is 0.000000195. The molecule has 2 aromatic carbocycles. The summed E-state index contributed by atoms with van der Waals surface area (Å²) in [6, 6.07) is 13.0. The number of benzene rings is 2. The van der Waals surface area contributed by atoms with Gasteiger partial charge in [0.1, 0.15) is 4.90 Å². The van der Waals surface area contributed by atoms with Gasteiger partial charge in [0, 0.05) is 6.92 Å². The number of ether oxygens (including phenoxy) is 1. The van der Waals surface area contributed by atoms with E-state index in [1.807, 2.05) is 6.07 Å². The van der Waals surface area contributed by atoms with E-state index in [9.17, 15) is 18.0 Å². The molecule has 1 unspecified atom stereocenters. The predicted molar refractivity (Wildman–Crippen MR) is 97.3 cm³/mol. The zero-order chi connectivity index (χ0) is 19.3. The fraction of sp³-hybridized carbons (Fsp3) is 0.176. The van der Waals surface area contributed by atoms with Gasteiger partial charge in [0.05, 0.1) is 17.8 Å². The first kappa shape index (κ1) is 19.7. The smallest absolute Gasteiger partial charge is 0.333 e. The van der Waals surface area contributed by atoms with Crippen molar-refractivity contribution in [1.29, 1.82) is 0 Å². The molecule has 0 spiro atoms. The topological polar surface area (TPSA) is 102 Å². The van der Waals surface area contributed by atoms with Crippen LogP contribution in [0.15, 0.2) is 53.4 Å². The minimum Gasteiger partial charge on any atom is -0.467 e. The number of fused-ring (bicyclic) bond motifs is 3. The van der Waals surface area contributed by atoms with Crippen LogP contribution >= 0.6 is 11.6 Å². The summed E-state index contributed by atoms with van der Waals surface area (Å²) in [6.45, 7) is 1.36. The Kier molecular flexibility index (Phi) is 6.23. The summed E-state index contributed by atoms with van der Waals surface area (Å²) < 4.78 is 29.2. The van der Waals surface area contributed by atoms with Gasteiger partial charge in [-0.05, 0) is 23.8 Å². The third kappa shape index (κ3) is 4.74. The fourth-order valence-electron chi connectivity index (χ4n) is 2.24. The number of hydrogen-bond acceptors (Lipinski definition) is 5. The number of halogens is 1. The highest BCUT2D eigenvalue weighted by Crippen LogP contribution is 2.31. The molecular weight excluding hydrogens is 380 g/mol. The summed E-state index contributed by atoms with van der Waals surface area (Å²) in [5.74, 6) is -0.745. The van der Waals surface area contributed by atoms with Gasteiger partial charge in [0.15, 0.2) is 6.04 Å². The molecule has 2 bridgehead atoms. The molecular formula is C17H17ClN2O5S.